The van der Waals surface area contributed by atoms with Gasteiger partial charge in [0.2, 0.25) is 0 Å². The third-order valence-electron chi connectivity index (χ3n) is 4.15. The van der Waals surface area contributed by atoms with Gasteiger partial charge in [-0.05, 0) is 61.4 Å². The molecule has 140 valence electrons. The average Bonchev–Trinajstić information content (AvgIpc) is 2.67. The van der Waals surface area contributed by atoms with Gasteiger partial charge >= 0.3 is 0 Å². The second-order valence-electron chi connectivity index (χ2n) is 6.39. The maximum Gasteiger partial charge on any atom is 0.161 e. The predicted molar refractivity (Wildman–Crippen MR) is 109 cm³/mol. The van der Waals surface area contributed by atoms with Crippen LogP contribution in [0.1, 0.15) is 23.6 Å². The van der Waals surface area contributed by atoms with Crippen molar-refractivity contribution >= 4 is 5.69 Å². The van der Waals surface area contributed by atoms with E-state index in [1.54, 1.807) is 12.1 Å². The number of aromatic hydroxyl groups is 1. The van der Waals surface area contributed by atoms with E-state index in [1.165, 1.54) is 5.56 Å². The van der Waals surface area contributed by atoms with Gasteiger partial charge in [0.15, 0.2) is 11.5 Å². The molecule has 0 spiro atoms. The number of anilines is 1. The summed E-state index contributed by atoms with van der Waals surface area (Å²) in [6.45, 7) is 5.78. The van der Waals surface area contributed by atoms with Crippen LogP contribution in [-0.2, 0) is 13.2 Å². The Bertz CT molecular complexity index is 875. The Kier molecular flexibility index (Phi) is 6.21. The van der Waals surface area contributed by atoms with Crippen LogP contribution in [0.5, 0.6) is 17.2 Å². The number of phenols is 1. The summed E-state index contributed by atoms with van der Waals surface area (Å²) in [7, 11) is 0. The molecule has 0 aliphatic carbocycles. The van der Waals surface area contributed by atoms with E-state index >= 15 is 0 Å². The molecular formula is C23H25NO3. The van der Waals surface area contributed by atoms with E-state index in [1.807, 2.05) is 43.3 Å². The molecule has 0 atom stereocenters. The van der Waals surface area contributed by atoms with Gasteiger partial charge in [0.1, 0.15) is 12.4 Å². The molecule has 0 bridgehead atoms. The molecule has 0 aliphatic heterocycles. The van der Waals surface area contributed by atoms with Crippen molar-refractivity contribution in [3.05, 3.63) is 83.4 Å². The van der Waals surface area contributed by atoms with Gasteiger partial charge in [0.25, 0.3) is 0 Å². The van der Waals surface area contributed by atoms with E-state index in [0.717, 1.165) is 28.3 Å². The Morgan fingerprint density at radius 1 is 0.852 bits per heavy atom. The summed E-state index contributed by atoms with van der Waals surface area (Å²) >= 11 is 0. The minimum Gasteiger partial charge on any atom is -0.508 e. The molecule has 0 saturated carbocycles. The first-order chi connectivity index (χ1) is 13.1. The summed E-state index contributed by atoms with van der Waals surface area (Å²) in [6.07, 6.45) is 0. The number of hydrogen-bond donors (Lipinski definition) is 2. The normalized spacial score (nSPS) is 10.4. The SMILES string of the molecule is CCOc1cc(CNc2ccc(O)cc2)ccc1OCc1cccc(C)c1. The third kappa shape index (κ3) is 5.42. The van der Waals surface area contributed by atoms with Crippen LogP contribution in [0.2, 0.25) is 0 Å². The van der Waals surface area contributed by atoms with Crippen LogP contribution >= 0.6 is 0 Å². The van der Waals surface area contributed by atoms with Gasteiger partial charge in [-0.3, -0.25) is 0 Å². The van der Waals surface area contributed by atoms with Crippen molar-refractivity contribution in [1.82, 2.24) is 0 Å². The first kappa shape index (κ1) is 18.6. The van der Waals surface area contributed by atoms with E-state index in [9.17, 15) is 5.11 Å². The van der Waals surface area contributed by atoms with Crippen LogP contribution in [0.25, 0.3) is 0 Å². The van der Waals surface area contributed by atoms with Crippen LogP contribution in [0.3, 0.4) is 0 Å². The summed E-state index contributed by atoms with van der Waals surface area (Å²) in [4.78, 5) is 0. The van der Waals surface area contributed by atoms with Crippen molar-refractivity contribution in [2.45, 2.75) is 27.0 Å². The Morgan fingerprint density at radius 3 is 2.41 bits per heavy atom. The highest BCUT2D eigenvalue weighted by Gasteiger charge is 2.07. The molecule has 0 aromatic heterocycles. The number of aryl methyl sites for hydroxylation is 1. The zero-order valence-corrected chi connectivity index (χ0v) is 15.7. The molecule has 3 aromatic rings. The van der Waals surface area contributed by atoms with Crippen LogP contribution < -0.4 is 14.8 Å². The van der Waals surface area contributed by atoms with Crippen LogP contribution in [0.4, 0.5) is 5.69 Å². The maximum absolute atomic E-state index is 9.36. The highest BCUT2D eigenvalue weighted by Crippen LogP contribution is 2.30. The summed E-state index contributed by atoms with van der Waals surface area (Å²) in [5, 5.41) is 12.7. The molecule has 0 radical (unpaired) electrons. The van der Waals surface area contributed by atoms with Gasteiger partial charge < -0.3 is 19.9 Å². The topological polar surface area (TPSA) is 50.7 Å². The van der Waals surface area contributed by atoms with E-state index in [0.29, 0.717) is 19.8 Å². The molecule has 3 rings (SSSR count). The fourth-order valence-electron chi connectivity index (χ4n) is 2.80. The van der Waals surface area contributed by atoms with Crippen molar-refractivity contribution in [2.24, 2.45) is 0 Å². The van der Waals surface area contributed by atoms with E-state index < -0.39 is 0 Å². The lowest BCUT2D eigenvalue weighted by Crippen LogP contribution is -2.03. The molecule has 3 aromatic carbocycles. The van der Waals surface area contributed by atoms with Crippen LogP contribution in [0, 0.1) is 6.92 Å². The molecule has 4 heteroatoms. The largest absolute Gasteiger partial charge is 0.508 e. The number of rotatable bonds is 8. The average molecular weight is 363 g/mol. The van der Waals surface area contributed by atoms with Crippen molar-refractivity contribution < 1.29 is 14.6 Å². The maximum atomic E-state index is 9.36. The van der Waals surface area contributed by atoms with Crippen molar-refractivity contribution in [2.75, 3.05) is 11.9 Å². The van der Waals surface area contributed by atoms with Gasteiger partial charge in [-0.15, -0.1) is 0 Å². The molecule has 0 fully saturated rings. The first-order valence-corrected chi connectivity index (χ1v) is 9.11. The van der Waals surface area contributed by atoms with Crippen molar-refractivity contribution in [3.8, 4) is 17.2 Å². The summed E-state index contributed by atoms with van der Waals surface area (Å²) < 4.78 is 11.8. The molecular weight excluding hydrogens is 338 g/mol. The molecule has 2 N–H and O–H groups in total. The molecule has 0 heterocycles. The molecule has 0 aliphatic rings. The second kappa shape index (κ2) is 8.99. The Morgan fingerprint density at radius 2 is 1.67 bits per heavy atom. The fourth-order valence-corrected chi connectivity index (χ4v) is 2.80. The summed E-state index contributed by atoms with van der Waals surface area (Å²) in [5.74, 6) is 1.75. The Labute approximate surface area is 160 Å². The zero-order chi connectivity index (χ0) is 19.1. The summed E-state index contributed by atoms with van der Waals surface area (Å²) in [5.41, 5.74) is 4.40. The van der Waals surface area contributed by atoms with E-state index in [4.69, 9.17) is 9.47 Å². The van der Waals surface area contributed by atoms with Gasteiger partial charge in [-0.2, -0.15) is 0 Å². The number of phenolic OH excluding ortho intramolecular Hbond substituents is 1. The fraction of sp³-hybridized carbons (Fsp3) is 0.217. The highest BCUT2D eigenvalue weighted by molar-refractivity contribution is 5.48. The first-order valence-electron chi connectivity index (χ1n) is 9.11. The molecule has 4 nitrogen and oxygen atoms in total. The molecule has 0 amide bonds. The third-order valence-corrected chi connectivity index (χ3v) is 4.15. The van der Waals surface area contributed by atoms with Gasteiger partial charge in [0, 0.05) is 12.2 Å². The monoisotopic (exact) mass is 363 g/mol. The van der Waals surface area contributed by atoms with Crippen molar-refractivity contribution in [3.63, 3.8) is 0 Å². The van der Waals surface area contributed by atoms with Crippen LogP contribution in [0.15, 0.2) is 66.7 Å². The van der Waals surface area contributed by atoms with Crippen molar-refractivity contribution in [1.29, 1.82) is 0 Å². The number of hydrogen-bond acceptors (Lipinski definition) is 4. The quantitative estimate of drug-likeness (QED) is 0.534. The van der Waals surface area contributed by atoms with Crippen LogP contribution in [-0.4, -0.2) is 11.7 Å². The second-order valence-corrected chi connectivity index (χ2v) is 6.39. The van der Waals surface area contributed by atoms with E-state index in [-0.39, 0.29) is 5.75 Å². The summed E-state index contributed by atoms with van der Waals surface area (Å²) in [6, 6.07) is 21.3. The smallest absolute Gasteiger partial charge is 0.161 e. The Balaban J connectivity index is 1.67. The van der Waals surface area contributed by atoms with E-state index in [2.05, 4.69) is 30.4 Å². The van der Waals surface area contributed by atoms with Gasteiger partial charge in [-0.1, -0.05) is 35.9 Å². The Hall–Kier alpha value is -3.14. The lowest BCUT2D eigenvalue weighted by molar-refractivity contribution is 0.269. The number of nitrogens with one attached hydrogen (secondary N) is 1. The van der Waals surface area contributed by atoms with Gasteiger partial charge in [0.05, 0.1) is 6.61 Å². The minimum atomic E-state index is 0.259. The standard InChI is InChI=1S/C23H25NO3/c1-3-26-23-14-18(15-24-20-8-10-21(25)11-9-20)7-12-22(23)27-16-19-6-4-5-17(2)13-19/h4-14,24-25H,3,15-16H2,1-2H3. The predicted octanol–water partition coefficient (Wildman–Crippen LogP) is 5.29. The molecule has 0 unspecified atom stereocenters. The lowest BCUT2D eigenvalue weighted by Gasteiger charge is -2.14. The van der Waals surface area contributed by atoms with Gasteiger partial charge in [-0.25, -0.2) is 0 Å². The number of benzene rings is 3. The minimum absolute atomic E-state index is 0.259. The molecule has 27 heavy (non-hydrogen) atoms. The highest BCUT2D eigenvalue weighted by atomic mass is 16.5. The zero-order valence-electron chi connectivity index (χ0n) is 15.7. The number of ether oxygens (including phenoxy) is 2. The molecule has 0 saturated heterocycles. The lowest BCUT2D eigenvalue weighted by atomic mass is 10.1.